The molecule has 23 heavy (non-hydrogen) atoms. The minimum Gasteiger partial charge on any atom is -0.340 e. The maximum atomic E-state index is 12.5. The number of benzene rings is 1. The quantitative estimate of drug-likeness (QED) is 0.874. The predicted octanol–water partition coefficient (Wildman–Crippen LogP) is 2.02. The van der Waals surface area contributed by atoms with Gasteiger partial charge in [-0.15, -0.1) is 0 Å². The van der Waals surface area contributed by atoms with E-state index in [2.05, 4.69) is 5.32 Å². The van der Waals surface area contributed by atoms with Crippen LogP contribution >= 0.6 is 11.6 Å². The number of hydrogen-bond donors (Lipinski definition) is 1. The number of carbonyl (C=O) groups excluding carboxylic acids is 1. The SMILES string of the molecule is CC(NC(C)c1ccc(Cl)cc1)C(=O)N(C)C1CCS(=O)(=O)C1. The summed E-state index contributed by atoms with van der Waals surface area (Å²) >= 11 is 5.88. The summed E-state index contributed by atoms with van der Waals surface area (Å²) in [5, 5.41) is 3.93. The fraction of sp³-hybridized carbons (Fsp3) is 0.562. The molecule has 0 aliphatic carbocycles. The van der Waals surface area contributed by atoms with Crippen molar-refractivity contribution in [3.8, 4) is 0 Å². The lowest BCUT2D eigenvalue weighted by Crippen LogP contribution is -2.48. The van der Waals surface area contributed by atoms with Crippen molar-refractivity contribution in [1.82, 2.24) is 10.2 Å². The zero-order chi connectivity index (χ0) is 17.2. The van der Waals surface area contributed by atoms with Gasteiger partial charge in [-0.05, 0) is 38.0 Å². The van der Waals surface area contributed by atoms with Crippen LogP contribution in [0, 0.1) is 0 Å². The summed E-state index contributed by atoms with van der Waals surface area (Å²) in [6.07, 6.45) is 0.518. The zero-order valence-electron chi connectivity index (χ0n) is 13.6. The van der Waals surface area contributed by atoms with E-state index in [-0.39, 0.29) is 29.5 Å². The van der Waals surface area contributed by atoms with E-state index in [1.54, 1.807) is 18.9 Å². The van der Waals surface area contributed by atoms with Crippen LogP contribution in [0.25, 0.3) is 0 Å². The monoisotopic (exact) mass is 358 g/mol. The highest BCUT2D eigenvalue weighted by Crippen LogP contribution is 2.19. The molecular weight excluding hydrogens is 336 g/mol. The van der Waals surface area contributed by atoms with Gasteiger partial charge >= 0.3 is 0 Å². The van der Waals surface area contributed by atoms with Crippen LogP contribution < -0.4 is 5.32 Å². The normalized spacial score (nSPS) is 22.5. The second-order valence-corrected chi connectivity index (χ2v) is 8.83. The number of halogens is 1. The Kier molecular flexibility index (Phi) is 5.70. The van der Waals surface area contributed by atoms with Crippen molar-refractivity contribution < 1.29 is 13.2 Å². The van der Waals surface area contributed by atoms with E-state index in [1.807, 2.05) is 31.2 Å². The second kappa shape index (κ2) is 7.20. The molecule has 1 heterocycles. The molecule has 1 saturated heterocycles. The molecule has 0 aromatic heterocycles. The van der Waals surface area contributed by atoms with Crippen LogP contribution in [0.4, 0.5) is 0 Å². The number of hydrogen-bond acceptors (Lipinski definition) is 4. The molecule has 0 spiro atoms. The van der Waals surface area contributed by atoms with Gasteiger partial charge in [0.15, 0.2) is 9.84 Å². The van der Waals surface area contributed by atoms with Gasteiger partial charge in [-0.3, -0.25) is 10.1 Å². The molecule has 1 aliphatic rings. The lowest BCUT2D eigenvalue weighted by molar-refractivity contribution is -0.133. The minimum atomic E-state index is -3.00. The summed E-state index contributed by atoms with van der Waals surface area (Å²) in [4.78, 5) is 14.1. The minimum absolute atomic E-state index is 0.00747. The van der Waals surface area contributed by atoms with Gasteiger partial charge in [0.1, 0.15) is 0 Å². The van der Waals surface area contributed by atoms with Crippen LogP contribution in [0.2, 0.25) is 5.02 Å². The van der Waals surface area contributed by atoms with Gasteiger partial charge in [-0.2, -0.15) is 0 Å². The Labute approximate surface area is 142 Å². The highest BCUT2D eigenvalue weighted by molar-refractivity contribution is 7.91. The molecule has 2 rings (SSSR count). The standard InChI is InChI=1S/C16H23ClN2O3S/c1-11(13-4-6-14(17)7-5-13)18-12(2)16(20)19(3)15-8-9-23(21,22)10-15/h4-7,11-12,15,18H,8-10H2,1-3H3. The molecule has 3 atom stereocenters. The molecule has 1 aliphatic heterocycles. The van der Waals surface area contributed by atoms with E-state index in [4.69, 9.17) is 11.6 Å². The molecule has 1 aromatic rings. The number of amides is 1. The second-order valence-electron chi connectivity index (χ2n) is 6.17. The maximum Gasteiger partial charge on any atom is 0.239 e. The molecule has 1 aromatic carbocycles. The van der Waals surface area contributed by atoms with E-state index in [0.29, 0.717) is 11.4 Å². The van der Waals surface area contributed by atoms with Crippen LogP contribution in [-0.2, 0) is 14.6 Å². The van der Waals surface area contributed by atoms with Crippen molar-refractivity contribution in [2.75, 3.05) is 18.6 Å². The van der Waals surface area contributed by atoms with Crippen LogP contribution in [0.3, 0.4) is 0 Å². The van der Waals surface area contributed by atoms with Crippen molar-refractivity contribution in [3.63, 3.8) is 0 Å². The molecule has 0 bridgehead atoms. The molecule has 1 fully saturated rings. The molecule has 0 radical (unpaired) electrons. The summed E-state index contributed by atoms with van der Waals surface area (Å²) < 4.78 is 23.1. The first-order chi connectivity index (χ1) is 10.7. The van der Waals surface area contributed by atoms with Gasteiger partial charge in [0.05, 0.1) is 17.5 Å². The van der Waals surface area contributed by atoms with E-state index in [1.165, 1.54) is 0 Å². The van der Waals surface area contributed by atoms with E-state index in [0.717, 1.165) is 5.56 Å². The van der Waals surface area contributed by atoms with E-state index >= 15 is 0 Å². The molecule has 1 N–H and O–H groups in total. The molecular formula is C16H23ClN2O3S. The lowest BCUT2D eigenvalue weighted by Gasteiger charge is -2.28. The summed E-state index contributed by atoms with van der Waals surface area (Å²) in [5.41, 5.74) is 1.04. The lowest BCUT2D eigenvalue weighted by atomic mass is 10.1. The maximum absolute atomic E-state index is 12.5. The predicted molar refractivity (Wildman–Crippen MR) is 92.3 cm³/mol. The average Bonchev–Trinajstić information content (AvgIpc) is 2.86. The third kappa shape index (κ3) is 4.68. The van der Waals surface area contributed by atoms with Crippen molar-refractivity contribution in [3.05, 3.63) is 34.9 Å². The van der Waals surface area contributed by atoms with Crippen LogP contribution in [-0.4, -0.2) is 49.9 Å². The molecule has 5 nitrogen and oxygen atoms in total. The third-order valence-electron chi connectivity index (χ3n) is 4.34. The molecule has 3 unspecified atom stereocenters. The van der Waals surface area contributed by atoms with Gasteiger partial charge < -0.3 is 4.90 Å². The van der Waals surface area contributed by atoms with Crippen molar-refractivity contribution in [2.45, 2.75) is 38.4 Å². The Hall–Kier alpha value is -1.11. The van der Waals surface area contributed by atoms with Crippen LogP contribution in [0.5, 0.6) is 0 Å². The highest BCUT2D eigenvalue weighted by Gasteiger charge is 2.34. The first-order valence-corrected chi connectivity index (χ1v) is 9.88. The number of nitrogens with zero attached hydrogens (tertiary/aromatic N) is 1. The molecule has 1 amide bonds. The molecule has 128 valence electrons. The fourth-order valence-corrected chi connectivity index (χ4v) is 4.76. The number of likely N-dealkylation sites (N-methyl/N-ethyl adjacent to an activating group) is 1. The summed E-state index contributed by atoms with van der Waals surface area (Å²) in [6, 6.07) is 6.85. The Morgan fingerprint density at radius 3 is 2.43 bits per heavy atom. The first-order valence-electron chi connectivity index (χ1n) is 7.68. The smallest absolute Gasteiger partial charge is 0.239 e. The summed E-state index contributed by atoms with van der Waals surface area (Å²) in [5.74, 6) is 0.139. The third-order valence-corrected chi connectivity index (χ3v) is 6.35. The number of sulfone groups is 1. The van der Waals surface area contributed by atoms with Gasteiger partial charge in [0.25, 0.3) is 0 Å². The number of rotatable bonds is 5. The van der Waals surface area contributed by atoms with Gasteiger partial charge in [0, 0.05) is 24.2 Å². The molecule has 7 heteroatoms. The fourth-order valence-electron chi connectivity index (χ4n) is 2.86. The van der Waals surface area contributed by atoms with Crippen LogP contribution in [0.15, 0.2) is 24.3 Å². The topological polar surface area (TPSA) is 66.5 Å². The molecule has 0 saturated carbocycles. The van der Waals surface area contributed by atoms with Crippen molar-refractivity contribution in [2.24, 2.45) is 0 Å². The Morgan fingerprint density at radius 2 is 1.91 bits per heavy atom. The summed E-state index contributed by atoms with van der Waals surface area (Å²) in [6.45, 7) is 3.78. The Bertz CT molecular complexity index is 660. The largest absolute Gasteiger partial charge is 0.340 e. The highest BCUT2D eigenvalue weighted by atomic mass is 35.5. The zero-order valence-corrected chi connectivity index (χ0v) is 15.2. The number of carbonyl (C=O) groups is 1. The van der Waals surface area contributed by atoms with Crippen molar-refractivity contribution in [1.29, 1.82) is 0 Å². The number of nitrogens with one attached hydrogen (secondary N) is 1. The first kappa shape index (κ1) is 18.2. The van der Waals surface area contributed by atoms with E-state index in [9.17, 15) is 13.2 Å². The summed E-state index contributed by atoms with van der Waals surface area (Å²) in [7, 11) is -1.32. The Morgan fingerprint density at radius 1 is 1.30 bits per heavy atom. The van der Waals surface area contributed by atoms with Gasteiger partial charge in [0.2, 0.25) is 5.91 Å². The van der Waals surface area contributed by atoms with Crippen molar-refractivity contribution >= 4 is 27.3 Å². The van der Waals surface area contributed by atoms with Gasteiger partial charge in [-0.1, -0.05) is 23.7 Å². The Balaban J connectivity index is 1.95. The van der Waals surface area contributed by atoms with E-state index < -0.39 is 15.9 Å². The van der Waals surface area contributed by atoms with Crippen LogP contribution in [0.1, 0.15) is 31.9 Å². The average molecular weight is 359 g/mol. The van der Waals surface area contributed by atoms with Gasteiger partial charge in [-0.25, -0.2) is 8.42 Å².